The van der Waals surface area contributed by atoms with E-state index in [1.807, 2.05) is 0 Å². The highest BCUT2D eigenvalue weighted by atomic mass is 32.2. The Kier molecular flexibility index (Phi) is 50.5. The number of carbonyl (C=O) groups excluding carboxylic acids is 11. The molecular weight excluding hydrogens is 1610 g/mol. The predicted octanol–water partition coefficient (Wildman–Crippen LogP) is 13.1. The number of fused-ring (bicyclic) bond motifs is 1. The van der Waals surface area contributed by atoms with Crippen molar-refractivity contribution in [2.24, 2.45) is 0 Å². The second-order valence-electron chi connectivity index (χ2n) is 36.4. The van der Waals surface area contributed by atoms with Crippen LogP contribution in [0.5, 0.6) is 6.01 Å². The van der Waals surface area contributed by atoms with Gasteiger partial charge in [-0.3, -0.25) is 38.1 Å². The summed E-state index contributed by atoms with van der Waals surface area (Å²) in [6, 6.07) is -1.88. The number of aromatic nitrogens is 4. The van der Waals surface area contributed by atoms with Crippen molar-refractivity contribution in [3.63, 3.8) is 0 Å². The van der Waals surface area contributed by atoms with Crippen LogP contribution < -0.4 is 69.5 Å². The van der Waals surface area contributed by atoms with E-state index in [9.17, 15) is 38.7 Å². The minimum atomic E-state index is -1.48. The van der Waals surface area contributed by atoms with E-state index in [2.05, 4.69) is 99.5 Å². The van der Waals surface area contributed by atoms with Gasteiger partial charge in [0.05, 0.1) is 18.8 Å². The first kappa shape index (κ1) is 109. The van der Waals surface area contributed by atoms with Crippen molar-refractivity contribution < 1.29 is 81.5 Å². The maximum absolute atomic E-state index is 15.4. The molecule has 0 aliphatic rings. The highest BCUT2D eigenvalue weighted by Crippen LogP contribution is 2.27. The van der Waals surface area contributed by atoms with E-state index in [0.29, 0.717) is 36.4 Å². The summed E-state index contributed by atoms with van der Waals surface area (Å²) >= 11 is 1.36. The lowest BCUT2D eigenvalue weighted by Crippen LogP contribution is -2.60. The molecule has 1 aromatic carbocycles. The molecule has 35 heteroatoms. The first-order valence-corrected chi connectivity index (χ1v) is 45.9. The molecule has 0 aliphatic heterocycles. The van der Waals surface area contributed by atoms with Crippen LogP contribution in [-0.2, 0) is 63.8 Å². The van der Waals surface area contributed by atoms with Gasteiger partial charge in [-0.15, -0.1) is 0 Å². The molecule has 0 saturated carbocycles. The number of imidazole rings is 1. The normalized spacial score (nSPS) is 13.3. The number of thioether (sulfide) groups is 1. The summed E-state index contributed by atoms with van der Waals surface area (Å²) in [5, 5.41) is 45.1. The minimum Gasteiger partial charge on any atom is -0.480 e. The molecule has 0 bridgehead atoms. The molecule has 0 fully saturated rings. The summed E-state index contributed by atoms with van der Waals surface area (Å²) in [5.41, 5.74) is 3.69. The third kappa shape index (κ3) is 50.1. The Balaban J connectivity index is 2.13. The number of carbonyl (C=O) groups is 11. The Morgan fingerprint density at radius 2 is 0.815 bits per heavy atom. The molecule has 0 spiro atoms. The van der Waals surface area contributed by atoms with Crippen molar-refractivity contribution in [3.05, 3.63) is 43.2 Å². The molecule has 0 aliphatic carbocycles. The lowest BCUT2D eigenvalue weighted by Gasteiger charge is -2.29. The van der Waals surface area contributed by atoms with Crippen molar-refractivity contribution in [1.29, 1.82) is 0 Å². The maximum Gasteiger partial charge on any atom is 0.407 e. The van der Waals surface area contributed by atoms with Crippen LogP contribution in [0.1, 0.15) is 303 Å². The molecule has 0 saturated heterocycles. The van der Waals surface area contributed by atoms with Gasteiger partial charge < -0.3 is 98.3 Å². The largest absolute Gasteiger partial charge is 0.480 e. The van der Waals surface area contributed by atoms with Crippen LogP contribution in [0.15, 0.2) is 24.3 Å². The van der Waals surface area contributed by atoms with Gasteiger partial charge >= 0.3 is 24.4 Å². The number of nitrogen functional groups attached to an aromatic ring is 1. The van der Waals surface area contributed by atoms with Crippen molar-refractivity contribution in [2.45, 2.75) is 368 Å². The van der Waals surface area contributed by atoms with Gasteiger partial charge in [0.1, 0.15) is 58.7 Å². The third-order valence-electron chi connectivity index (χ3n) is 18.9. The smallest absolute Gasteiger partial charge is 0.407 e. The molecule has 0 unspecified atom stereocenters. The number of benzene rings is 1. The van der Waals surface area contributed by atoms with E-state index in [0.717, 1.165) is 38.5 Å². The molecule has 2 aromatic heterocycles. The second-order valence-corrected chi connectivity index (χ2v) is 37.5. The number of nitrogens with two attached hydrogens (primary N) is 1. The topological polar surface area (TPSA) is 468 Å². The van der Waals surface area contributed by atoms with E-state index < -0.39 is 124 Å². The van der Waals surface area contributed by atoms with Crippen molar-refractivity contribution in [2.75, 3.05) is 67.2 Å². The zero-order chi connectivity index (χ0) is 92.5. The first-order valence-electron chi connectivity index (χ1n) is 44.8. The third-order valence-corrected chi connectivity index (χ3v) is 19.9. The van der Waals surface area contributed by atoms with Crippen molar-refractivity contribution in [3.8, 4) is 6.01 Å². The number of aromatic hydroxyl groups is 1. The summed E-state index contributed by atoms with van der Waals surface area (Å²) < 4.78 is 29.4. The van der Waals surface area contributed by atoms with Gasteiger partial charge in [0, 0.05) is 50.6 Å². The molecule has 11 amide bonds. The van der Waals surface area contributed by atoms with Gasteiger partial charge in [0.25, 0.3) is 6.01 Å². The summed E-state index contributed by atoms with van der Waals surface area (Å²) in [6.45, 7) is 34.7. The van der Waals surface area contributed by atoms with Crippen LogP contribution in [0, 0.1) is 13.3 Å². The lowest BCUT2D eigenvalue weighted by atomic mass is 10.0. The molecule has 15 N–H and O–H groups in total. The van der Waals surface area contributed by atoms with Crippen LogP contribution in [-0.4, -0.2) is 205 Å². The van der Waals surface area contributed by atoms with Crippen molar-refractivity contribution in [1.82, 2.24) is 72.7 Å². The zero-order valence-corrected chi connectivity index (χ0v) is 78.3. The molecule has 34 nitrogen and oxygen atoms in total. The standard InChI is InChI=1S/C89H153N17O17S/c1-19-22-24-25-26-27-28-29-30-31-32-33-34-47-69(107)97-68(60-124-57-21-3)78(113)102-67(59-119-85(4,5)6)77(112)101-66(46-38-42-56-95-84(118)123-89(16,17)18)76(111)100-65(45-37-41-55-94-83(117)122-88(13,14)15)75(110)99-64(44-36-40-54-93-82(116)121-87(10,11)12)74(109)98-63(43-35-39-53-92-81(115)120-86(7,8)9)73(108)96-62-50-48-61(49-51-62)58-106-72-70(103-80(106)114)71(90)104-79(105-72)91-52-23-20-2/h21,48-51,63-68H,3,19-20,22-47,52-60H2,1-2,4-18H3,(H,92,115)(H,93,116)(H,94,117)(H,95,118)(H,96,108)(H,97,107)(H,98,109)(H,99,110)(H,100,111)(H,101,112)(H,102,113)(H,103,114)(H3,90,91,104,105)/t63-,64-,65-,66-,67-,68-/m0/s1. The minimum absolute atomic E-state index is 0.0119. The molecule has 6 atom stereocenters. The number of hydrogen-bond acceptors (Lipinski definition) is 23. The van der Waals surface area contributed by atoms with Gasteiger partial charge in [0.15, 0.2) is 17.0 Å². The van der Waals surface area contributed by atoms with E-state index in [-0.39, 0.29) is 157 Å². The Morgan fingerprint density at radius 1 is 0.444 bits per heavy atom. The number of hydrogen-bond donors (Lipinski definition) is 14. The Bertz CT molecular complexity index is 3720. The summed E-state index contributed by atoms with van der Waals surface area (Å²) in [5.74, 6) is -4.13. The molecule has 3 rings (SSSR count). The summed E-state index contributed by atoms with van der Waals surface area (Å²) in [7, 11) is 0. The highest BCUT2D eigenvalue weighted by Gasteiger charge is 2.36. The fourth-order valence-corrected chi connectivity index (χ4v) is 13.4. The van der Waals surface area contributed by atoms with Crippen LogP contribution in [0.3, 0.4) is 0 Å². The average Bonchev–Trinajstić information content (AvgIpc) is 1.63. The fourth-order valence-electron chi connectivity index (χ4n) is 12.6. The van der Waals surface area contributed by atoms with E-state index in [1.54, 1.807) is 135 Å². The Labute approximate surface area is 741 Å². The SMILES string of the molecule is [CH2][CH]CSC[C@H](NC(=O)CCCCCCCCCCCCCCC)C(=O)N[C@@H](COC(C)(C)C)C(=O)N[C@@H](CCCCNC(=O)OC(C)(C)C)C(=O)N[C@@H](CCCCNC(=O)OC(C)(C)C)C(=O)N[C@@H](CCCCNC(=O)OC(C)(C)C)C(=O)N[C@@H](CCCCNC(=O)OC(C)(C)C)C(=O)Nc1ccc(Cn2c(O)nc3c(N)nc(NCCCC)nc32)cc1. The maximum atomic E-state index is 15.4. The number of amides is 11. The summed E-state index contributed by atoms with van der Waals surface area (Å²) in [4.78, 5) is 168. The number of nitrogens with zero attached hydrogens (tertiary/aromatic N) is 4. The molecule has 3 aromatic rings. The van der Waals surface area contributed by atoms with E-state index in [1.165, 1.54) is 67.7 Å². The van der Waals surface area contributed by atoms with Crippen molar-refractivity contribution >= 4 is 106 Å². The fraction of sp³-hybridized carbons (Fsp3) is 0.730. The second kappa shape index (κ2) is 57.5. The number of ether oxygens (including phenoxy) is 5. The predicted molar refractivity (Wildman–Crippen MR) is 486 cm³/mol. The zero-order valence-electron chi connectivity index (χ0n) is 77.5. The first-order chi connectivity index (χ1) is 58.4. The monoisotopic (exact) mass is 1760 g/mol. The number of unbranched alkanes of at least 4 members (excludes halogenated alkanes) is 17. The highest BCUT2D eigenvalue weighted by molar-refractivity contribution is 7.99. The van der Waals surface area contributed by atoms with Gasteiger partial charge in [-0.05, 0) is 231 Å². The van der Waals surface area contributed by atoms with Gasteiger partial charge in [-0.25, -0.2) is 19.2 Å². The van der Waals surface area contributed by atoms with E-state index >= 15 is 19.2 Å². The quantitative estimate of drug-likeness (QED) is 0.0184. The molecular formula is C89H153N17O17S. The Hall–Kier alpha value is -9.15. The van der Waals surface area contributed by atoms with Gasteiger partial charge in [-0.1, -0.05) is 109 Å². The van der Waals surface area contributed by atoms with Gasteiger partial charge in [-0.2, -0.15) is 26.7 Å². The molecule has 2 radical (unpaired) electrons. The van der Waals surface area contributed by atoms with Crippen LogP contribution in [0.2, 0.25) is 0 Å². The summed E-state index contributed by atoms with van der Waals surface area (Å²) in [6.07, 6.45) is 17.3. The van der Waals surface area contributed by atoms with Gasteiger partial charge in [0.2, 0.25) is 47.3 Å². The average molecular weight is 1770 g/mol. The van der Waals surface area contributed by atoms with Crippen LogP contribution >= 0.6 is 11.8 Å². The number of anilines is 3. The van der Waals surface area contributed by atoms with Crippen LogP contribution in [0.4, 0.5) is 36.6 Å². The van der Waals surface area contributed by atoms with Crippen LogP contribution in [0.25, 0.3) is 11.2 Å². The number of alkyl carbamates (subject to hydrolysis) is 4. The lowest BCUT2D eigenvalue weighted by molar-refractivity contribution is -0.137. The molecule has 2 heterocycles. The number of nitrogens with one attached hydrogen (secondary N) is 12. The van der Waals surface area contributed by atoms with E-state index in [4.69, 9.17) is 29.4 Å². The molecule has 702 valence electrons. The number of rotatable bonds is 59. The Morgan fingerprint density at radius 3 is 1.20 bits per heavy atom. The molecule has 124 heavy (non-hydrogen) atoms.